The molecule has 0 aliphatic heterocycles. The quantitative estimate of drug-likeness (QED) is 0.797. The first-order chi connectivity index (χ1) is 11.3. The van der Waals surface area contributed by atoms with Crippen LogP contribution in [0.4, 0.5) is 14.5 Å². The molecular formula is C16H13Cl2F2NO2S. The second kappa shape index (κ2) is 6.50. The molecule has 0 unspecified atom stereocenters. The summed E-state index contributed by atoms with van der Waals surface area (Å²) in [6.45, 7) is 0. The van der Waals surface area contributed by atoms with Crippen LogP contribution in [0, 0.1) is 11.6 Å². The van der Waals surface area contributed by atoms with E-state index in [4.69, 9.17) is 23.2 Å². The maximum atomic E-state index is 14.3. The summed E-state index contributed by atoms with van der Waals surface area (Å²) < 4.78 is 54.5. The average molecular weight is 392 g/mol. The van der Waals surface area contributed by atoms with Crippen LogP contribution in [0.3, 0.4) is 0 Å². The molecule has 0 spiro atoms. The van der Waals surface area contributed by atoms with Crippen molar-refractivity contribution >= 4 is 38.9 Å². The fraction of sp³-hybridized carbons (Fsp3) is 0.250. The van der Waals surface area contributed by atoms with Gasteiger partial charge in [0.2, 0.25) is 10.0 Å². The van der Waals surface area contributed by atoms with Gasteiger partial charge in [-0.15, -0.1) is 0 Å². The Labute approximate surface area is 148 Å². The SMILES string of the molecule is O=S(=O)(Nc1ccc(F)c(F)c1Cc1ccc(Cl)cc1Cl)C1CC1. The lowest BCUT2D eigenvalue weighted by molar-refractivity contribution is 0.501. The van der Waals surface area contributed by atoms with E-state index in [0.717, 1.165) is 6.07 Å². The smallest absolute Gasteiger partial charge is 0.235 e. The highest BCUT2D eigenvalue weighted by molar-refractivity contribution is 7.93. The van der Waals surface area contributed by atoms with Crippen LogP contribution >= 0.6 is 23.2 Å². The third-order valence-electron chi connectivity index (χ3n) is 3.79. The summed E-state index contributed by atoms with van der Waals surface area (Å²) in [7, 11) is -3.59. The Bertz CT molecular complexity index is 899. The summed E-state index contributed by atoms with van der Waals surface area (Å²) in [5, 5.41) is 0.234. The van der Waals surface area contributed by atoms with E-state index < -0.39 is 26.9 Å². The van der Waals surface area contributed by atoms with Gasteiger partial charge in [-0.2, -0.15) is 0 Å². The van der Waals surface area contributed by atoms with Crippen LogP contribution in [0.1, 0.15) is 24.0 Å². The van der Waals surface area contributed by atoms with E-state index in [1.807, 2.05) is 0 Å². The van der Waals surface area contributed by atoms with E-state index in [0.29, 0.717) is 28.5 Å². The Balaban J connectivity index is 2.00. The Morgan fingerprint density at radius 1 is 1.12 bits per heavy atom. The fourth-order valence-corrected chi connectivity index (χ4v) is 4.23. The molecular weight excluding hydrogens is 379 g/mol. The second-order valence-corrected chi connectivity index (χ2v) is 8.45. The standard InChI is InChI=1S/C16H13Cl2F2NO2S/c17-10-2-1-9(13(18)8-10)7-12-15(6-5-14(19)16(12)20)21-24(22,23)11-3-4-11/h1-2,5-6,8,11,21H,3-4,7H2. The molecule has 1 N–H and O–H groups in total. The van der Waals surface area contributed by atoms with Gasteiger partial charge >= 0.3 is 0 Å². The number of sulfonamides is 1. The zero-order valence-corrected chi connectivity index (χ0v) is 14.7. The molecule has 2 aromatic carbocycles. The summed E-state index contributed by atoms with van der Waals surface area (Å²) in [6.07, 6.45) is 1.07. The highest BCUT2D eigenvalue weighted by Gasteiger charge is 2.36. The highest BCUT2D eigenvalue weighted by atomic mass is 35.5. The van der Waals surface area contributed by atoms with E-state index in [1.54, 1.807) is 12.1 Å². The van der Waals surface area contributed by atoms with Gasteiger partial charge in [0.15, 0.2) is 11.6 Å². The largest absolute Gasteiger partial charge is 0.283 e. The molecule has 1 aliphatic rings. The lowest BCUT2D eigenvalue weighted by Crippen LogP contribution is -2.19. The molecule has 3 nitrogen and oxygen atoms in total. The first-order valence-electron chi connectivity index (χ1n) is 7.20. The fourth-order valence-electron chi connectivity index (χ4n) is 2.33. The average Bonchev–Trinajstić information content (AvgIpc) is 3.34. The molecule has 24 heavy (non-hydrogen) atoms. The van der Waals surface area contributed by atoms with Crippen molar-refractivity contribution in [3.63, 3.8) is 0 Å². The molecule has 8 heteroatoms. The van der Waals surface area contributed by atoms with Gasteiger partial charge in [0, 0.05) is 22.0 Å². The van der Waals surface area contributed by atoms with E-state index in [9.17, 15) is 17.2 Å². The van der Waals surface area contributed by atoms with E-state index in [2.05, 4.69) is 4.72 Å². The molecule has 1 fully saturated rings. The molecule has 0 saturated heterocycles. The van der Waals surface area contributed by atoms with Crippen molar-refractivity contribution < 1.29 is 17.2 Å². The van der Waals surface area contributed by atoms with Gasteiger partial charge in [0.1, 0.15) is 0 Å². The Morgan fingerprint density at radius 3 is 2.46 bits per heavy atom. The normalized spacial score (nSPS) is 14.7. The predicted molar refractivity (Wildman–Crippen MR) is 91.2 cm³/mol. The Kier molecular flexibility index (Phi) is 4.73. The zero-order valence-electron chi connectivity index (χ0n) is 12.3. The molecule has 3 rings (SSSR count). The van der Waals surface area contributed by atoms with Crippen molar-refractivity contribution in [3.8, 4) is 0 Å². The topological polar surface area (TPSA) is 46.2 Å². The first kappa shape index (κ1) is 17.5. The number of benzene rings is 2. The lowest BCUT2D eigenvalue weighted by atomic mass is 10.0. The minimum absolute atomic E-state index is 0.0202. The van der Waals surface area contributed by atoms with Crippen LogP contribution in [-0.4, -0.2) is 13.7 Å². The van der Waals surface area contributed by atoms with E-state index in [-0.39, 0.29) is 17.7 Å². The van der Waals surface area contributed by atoms with Gasteiger partial charge in [-0.1, -0.05) is 29.3 Å². The van der Waals surface area contributed by atoms with Gasteiger partial charge in [-0.05, 0) is 42.7 Å². The zero-order chi connectivity index (χ0) is 17.5. The van der Waals surface area contributed by atoms with Gasteiger partial charge in [0.05, 0.1) is 10.9 Å². The van der Waals surface area contributed by atoms with Gasteiger partial charge in [-0.3, -0.25) is 4.72 Å². The van der Waals surface area contributed by atoms with E-state index >= 15 is 0 Å². The lowest BCUT2D eigenvalue weighted by Gasteiger charge is -2.14. The maximum absolute atomic E-state index is 14.3. The molecule has 0 aromatic heterocycles. The third kappa shape index (κ3) is 3.66. The van der Waals surface area contributed by atoms with Crippen molar-refractivity contribution in [1.82, 2.24) is 0 Å². The van der Waals surface area contributed by atoms with Crippen molar-refractivity contribution in [2.45, 2.75) is 24.5 Å². The summed E-state index contributed by atoms with van der Waals surface area (Å²) in [4.78, 5) is 0. The number of nitrogens with one attached hydrogen (secondary N) is 1. The number of anilines is 1. The summed E-state index contributed by atoms with van der Waals surface area (Å²) >= 11 is 11.9. The van der Waals surface area contributed by atoms with Crippen LogP contribution in [0.5, 0.6) is 0 Å². The van der Waals surface area contributed by atoms with Crippen molar-refractivity contribution in [2.24, 2.45) is 0 Å². The molecule has 0 amide bonds. The van der Waals surface area contributed by atoms with Gasteiger partial charge in [0.25, 0.3) is 0 Å². The van der Waals surface area contributed by atoms with Gasteiger partial charge in [-0.25, -0.2) is 17.2 Å². The van der Waals surface area contributed by atoms with Crippen LogP contribution in [-0.2, 0) is 16.4 Å². The highest BCUT2D eigenvalue weighted by Crippen LogP contribution is 2.33. The Hall–Kier alpha value is -1.37. The number of rotatable bonds is 5. The van der Waals surface area contributed by atoms with Crippen molar-refractivity contribution in [3.05, 3.63) is 63.1 Å². The third-order valence-corrected chi connectivity index (χ3v) is 6.23. The molecule has 1 aliphatic carbocycles. The minimum atomic E-state index is -3.59. The molecule has 128 valence electrons. The van der Waals surface area contributed by atoms with Crippen LogP contribution < -0.4 is 4.72 Å². The molecule has 1 saturated carbocycles. The van der Waals surface area contributed by atoms with Crippen molar-refractivity contribution in [1.29, 1.82) is 0 Å². The van der Waals surface area contributed by atoms with Crippen LogP contribution in [0.15, 0.2) is 30.3 Å². The monoisotopic (exact) mass is 391 g/mol. The second-order valence-electron chi connectivity index (χ2n) is 5.65. The first-order valence-corrected chi connectivity index (χ1v) is 9.50. The minimum Gasteiger partial charge on any atom is -0.283 e. The van der Waals surface area contributed by atoms with Crippen molar-refractivity contribution in [2.75, 3.05) is 4.72 Å². The maximum Gasteiger partial charge on any atom is 0.235 e. The molecule has 0 bridgehead atoms. The predicted octanol–water partition coefficient (Wildman–Crippen LogP) is 4.77. The molecule has 2 aromatic rings. The molecule has 0 heterocycles. The van der Waals surface area contributed by atoms with Gasteiger partial charge < -0.3 is 0 Å². The molecule has 0 radical (unpaired) electrons. The number of hydrogen-bond acceptors (Lipinski definition) is 2. The number of halogens is 4. The summed E-state index contributed by atoms with van der Waals surface area (Å²) in [5.74, 6) is -2.15. The summed E-state index contributed by atoms with van der Waals surface area (Å²) in [5.41, 5.74) is 0.438. The van der Waals surface area contributed by atoms with Crippen LogP contribution in [0.2, 0.25) is 10.0 Å². The summed E-state index contributed by atoms with van der Waals surface area (Å²) in [6, 6.07) is 6.77. The molecule has 0 atom stereocenters. The van der Waals surface area contributed by atoms with E-state index in [1.165, 1.54) is 12.1 Å². The number of hydrogen-bond donors (Lipinski definition) is 1. The van der Waals surface area contributed by atoms with Crippen LogP contribution in [0.25, 0.3) is 0 Å². The Morgan fingerprint density at radius 2 is 1.83 bits per heavy atom.